The number of carbonyl (C=O) groups excluding carboxylic acids is 1. The summed E-state index contributed by atoms with van der Waals surface area (Å²) in [6.07, 6.45) is 3.33. The summed E-state index contributed by atoms with van der Waals surface area (Å²) in [4.78, 5) is 16.1. The van der Waals surface area contributed by atoms with Gasteiger partial charge in [0.25, 0.3) is 0 Å². The third-order valence-electron chi connectivity index (χ3n) is 2.97. The number of hydrogen-bond donors (Lipinski definition) is 2. The molecule has 1 aliphatic heterocycles. The summed E-state index contributed by atoms with van der Waals surface area (Å²) in [5.74, 6) is 0.619. The summed E-state index contributed by atoms with van der Waals surface area (Å²) in [5, 5.41) is 6.71. The summed E-state index contributed by atoms with van der Waals surface area (Å²) < 4.78 is 0. The van der Waals surface area contributed by atoms with Crippen molar-refractivity contribution in [1.82, 2.24) is 10.3 Å². The number of pyridine rings is 1. The molecule has 0 spiro atoms. The number of carbonyl (C=O) groups is 1. The predicted molar refractivity (Wildman–Crippen MR) is 75.3 cm³/mol. The van der Waals surface area contributed by atoms with Gasteiger partial charge >= 0.3 is 0 Å². The maximum absolute atomic E-state index is 12.0. The molecular weight excluding hydrogens is 273 g/mol. The molecule has 1 aromatic heterocycles. The van der Waals surface area contributed by atoms with E-state index in [1.54, 1.807) is 18.3 Å². The zero-order valence-corrected chi connectivity index (χ0v) is 11.7. The van der Waals surface area contributed by atoms with Crippen LogP contribution in [0.25, 0.3) is 0 Å². The standard InChI is InChI=1S/C12H16ClN3O.ClH/c1-8-6-9(2-4-14-8)12(17)16-11-7-10(13)3-5-15-11;/h3,5,7-9,14H,2,4,6H2,1H3,(H,15,16,17);1H/t8-,9-;/m0./s1. The van der Waals surface area contributed by atoms with E-state index in [1.807, 2.05) is 0 Å². The number of hydrogen-bond acceptors (Lipinski definition) is 3. The molecule has 4 nitrogen and oxygen atoms in total. The first kappa shape index (κ1) is 15.2. The molecule has 0 aliphatic carbocycles. The molecule has 0 radical (unpaired) electrons. The van der Waals surface area contributed by atoms with Crippen molar-refractivity contribution >= 4 is 35.7 Å². The average Bonchev–Trinajstić information content (AvgIpc) is 2.29. The predicted octanol–water partition coefficient (Wildman–Crippen LogP) is 2.48. The van der Waals surface area contributed by atoms with Crippen molar-refractivity contribution < 1.29 is 4.79 Å². The maximum Gasteiger partial charge on any atom is 0.228 e. The van der Waals surface area contributed by atoms with Gasteiger partial charge in [0.05, 0.1) is 0 Å². The van der Waals surface area contributed by atoms with Crippen LogP contribution in [-0.4, -0.2) is 23.5 Å². The minimum absolute atomic E-state index is 0. The number of halogens is 2. The number of nitrogens with one attached hydrogen (secondary N) is 2. The summed E-state index contributed by atoms with van der Waals surface area (Å²) >= 11 is 5.84. The van der Waals surface area contributed by atoms with Crippen LogP contribution in [0, 0.1) is 5.92 Å². The van der Waals surface area contributed by atoms with E-state index in [0.29, 0.717) is 16.9 Å². The summed E-state index contributed by atoms with van der Waals surface area (Å²) in [6, 6.07) is 3.74. The van der Waals surface area contributed by atoms with Gasteiger partial charge in [-0.2, -0.15) is 0 Å². The Morgan fingerprint density at radius 2 is 2.39 bits per heavy atom. The summed E-state index contributed by atoms with van der Waals surface area (Å²) in [5.41, 5.74) is 0. The van der Waals surface area contributed by atoms with Crippen LogP contribution >= 0.6 is 24.0 Å². The smallest absolute Gasteiger partial charge is 0.228 e. The van der Waals surface area contributed by atoms with E-state index >= 15 is 0 Å². The highest BCUT2D eigenvalue weighted by atomic mass is 35.5. The van der Waals surface area contributed by atoms with Gasteiger partial charge in [-0.25, -0.2) is 4.98 Å². The minimum atomic E-state index is 0. The second-order valence-corrected chi connectivity index (χ2v) is 4.86. The van der Waals surface area contributed by atoms with Crippen LogP contribution < -0.4 is 10.6 Å². The van der Waals surface area contributed by atoms with E-state index in [0.717, 1.165) is 19.4 Å². The molecular formula is C12H17Cl2N3O. The van der Waals surface area contributed by atoms with Gasteiger partial charge in [-0.05, 0) is 38.4 Å². The lowest BCUT2D eigenvalue weighted by Crippen LogP contribution is -2.40. The minimum Gasteiger partial charge on any atom is -0.314 e. The van der Waals surface area contributed by atoms with Crippen molar-refractivity contribution in [1.29, 1.82) is 0 Å². The lowest BCUT2D eigenvalue weighted by molar-refractivity contribution is -0.120. The van der Waals surface area contributed by atoms with Gasteiger partial charge in [0, 0.05) is 23.2 Å². The van der Waals surface area contributed by atoms with Crippen LogP contribution in [0.4, 0.5) is 5.82 Å². The SMILES string of the molecule is C[C@H]1C[C@@H](C(=O)Nc2cc(Cl)ccn2)CCN1.Cl. The van der Waals surface area contributed by atoms with Crippen LogP contribution in [0.5, 0.6) is 0 Å². The Morgan fingerprint density at radius 1 is 1.61 bits per heavy atom. The Balaban J connectivity index is 0.00000162. The number of amides is 1. The third-order valence-corrected chi connectivity index (χ3v) is 3.20. The van der Waals surface area contributed by atoms with E-state index in [-0.39, 0.29) is 24.2 Å². The zero-order chi connectivity index (χ0) is 12.3. The molecule has 1 amide bonds. The van der Waals surface area contributed by atoms with E-state index < -0.39 is 0 Å². The topological polar surface area (TPSA) is 54.0 Å². The molecule has 1 aliphatic rings. The Morgan fingerprint density at radius 3 is 3.06 bits per heavy atom. The second-order valence-electron chi connectivity index (χ2n) is 4.43. The molecule has 6 heteroatoms. The van der Waals surface area contributed by atoms with Gasteiger partial charge in [-0.3, -0.25) is 4.79 Å². The molecule has 100 valence electrons. The van der Waals surface area contributed by atoms with Gasteiger partial charge < -0.3 is 10.6 Å². The molecule has 1 saturated heterocycles. The molecule has 0 unspecified atom stereocenters. The number of anilines is 1. The number of aromatic nitrogens is 1. The van der Waals surface area contributed by atoms with E-state index in [1.165, 1.54) is 0 Å². The first-order chi connectivity index (χ1) is 8.15. The van der Waals surface area contributed by atoms with Gasteiger partial charge in [-0.1, -0.05) is 11.6 Å². The van der Waals surface area contributed by atoms with Crippen molar-refractivity contribution in [2.24, 2.45) is 5.92 Å². The molecule has 0 saturated carbocycles. The molecule has 2 atom stereocenters. The van der Waals surface area contributed by atoms with E-state index in [9.17, 15) is 4.79 Å². The van der Waals surface area contributed by atoms with Crippen molar-refractivity contribution in [2.75, 3.05) is 11.9 Å². The second kappa shape index (κ2) is 6.92. The molecule has 2 heterocycles. The van der Waals surface area contributed by atoms with Crippen molar-refractivity contribution in [3.8, 4) is 0 Å². The Kier molecular flexibility index (Phi) is 5.85. The highest BCUT2D eigenvalue weighted by molar-refractivity contribution is 6.30. The lowest BCUT2D eigenvalue weighted by atomic mass is 9.92. The average molecular weight is 290 g/mol. The first-order valence-electron chi connectivity index (χ1n) is 5.81. The third kappa shape index (κ3) is 4.12. The maximum atomic E-state index is 12.0. The Bertz CT molecular complexity index is 414. The van der Waals surface area contributed by atoms with Crippen molar-refractivity contribution in [3.63, 3.8) is 0 Å². The van der Waals surface area contributed by atoms with Crippen LogP contribution in [0.3, 0.4) is 0 Å². The number of nitrogens with zero attached hydrogens (tertiary/aromatic N) is 1. The molecule has 2 N–H and O–H groups in total. The van der Waals surface area contributed by atoms with Crippen LogP contribution in [0.1, 0.15) is 19.8 Å². The Hall–Kier alpha value is -0.840. The van der Waals surface area contributed by atoms with Gasteiger partial charge in [-0.15, -0.1) is 12.4 Å². The summed E-state index contributed by atoms with van der Waals surface area (Å²) in [7, 11) is 0. The molecule has 1 aromatic rings. The van der Waals surface area contributed by atoms with Crippen LogP contribution in [-0.2, 0) is 4.79 Å². The highest BCUT2D eigenvalue weighted by Gasteiger charge is 2.24. The summed E-state index contributed by atoms with van der Waals surface area (Å²) in [6.45, 7) is 2.99. The van der Waals surface area contributed by atoms with Crippen LogP contribution in [0.15, 0.2) is 18.3 Å². The van der Waals surface area contributed by atoms with Gasteiger partial charge in [0.15, 0.2) is 0 Å². The fourth-order valence-corrected chi connectivity index (χ4v) is 2.23. The fourth-order valence-electron chi connectivity index (χ4n) is 2.07. The van der Waals surface area contributed by atoms with E-state index in [4.69, 9.17) is 11.6 Å². The largest absolute Gasteiger partial charge is 0.314 e. The molecule has 2 rings (SSSR count). The van der Waals surface area contributed by atoms with Crippen molar-refractivity contribution in [3.05, 3.63) is 23.4 Å². The van der Waals surface area contributed by atoms with Crippen LogP contribution in [0.2, 0.25) is 5.02 Å². The van der Waals surface area contributed by atoms with Crippen molar-refractivity contribution in [2.45, 2.75) is 25.8 Å². The molecule has 18 heavy (non-hydrogen) atoms. The number of piperidine rings is 1. The monoisotopic (exact) mass is 289 g/mol. The molecule has 1 fully saturated rings. The molecule has 0 bridgehead atoms. The van der Waals surface area contributed by atoms with E-state index in [2.05, 4.69) is 22.5 Å². The van der Waals surface area contributed by atoms with Gasteiger partial charge in [0.1, 0.15) is 5.82 Å². The molecule has 0 aromatic carbocycles. The van der Waals surface area contributed by atoms with Gasteiger partial charge in [0.2, 0.25) is 5.91 Å². The fraction of sp³-hybridized carbons (Fsp3) is 0.500. The zero-order valence-electron chi connectivity index (χ0n) is 10.1. The highest BCUT2D eigenvalue weighted by Crippen LogP contribution is 2.19. The quantitative estimate of drug-likeness (QED) is 0.880. The normalized spacial score (nSPS) is 23.0. The first-order valence-corrected chi connectivity index (χ1v) is 6.19. The Labute approximate surface area is 118 Å². The number of rotatable bonds is 2. The lowest BCUT2D eigenvalue weighted by Gasteiger charge is -2.26.